The van der Waals surface area contributed by atoms with Gasteiger partial charge in [-0.2, -0.15) is 0 Å². The zero-order chi connectivity index (χ0) is 17.8. The van der Waals surface area contributed by atoms with Gasteiger partial charge < -0.3 is 0 Å². The SMILES string of the molecule is Fc1ccc(C=C2CCCN=C2c2cccnc2)cc1-c1ccccc1. The molecule has 2 heterocycles. The monoisotopic (exact) mass is 342 g/mol. The molecule has 4 rings (SSSR count). The number of allylic oxidation sites excluding steroid dienone is 1. The highest BCUT2D eigenvalue weighted by Gasteiger charge is 2.14. The van der Waals surface area contributed by atoms with E-state index < -0.39 is 0 Å². The van der Waals surface area contributed by atoms with Gasteiger partial charge in [0.2, 0.25) is 0 Å². The molecule has 1 aliphatic rings. The van der Waals surface area contributed by atoms with E-state index in [1.54, 1.807) is 12.3 Å². The summed E-state index contributed by atoms with van der Waals surface area (Å²) in [6, 6.07) is 18.9. The quantitative estimate of drug-likeness (QED) is 0.612. The standard InChI is InChI=1S/C23H19FN2/c24-22-11-10-17(15-21(22)18-6-2-1-3-7-18)14-19-8-5-13-26-23(19)20-9-4-12-25-16-20/h1-4,6-7,9-12,14-16H,5,8,13H2. The molecule has 0 amide bonds. The van der Waals surface area contributed by atoms with Crippen LogP contribution in [0.1, 0.15) is 24.0 Å². The number of nitrogens with zero attached hydrogens (tertiary/aromatic N) is 2. The van der Waals surface area contributed by atoms with Crippen molar-refractivity contribution in [3.63, 3.8) is 0 Å². The second-order valence-electron chi connectivity index (χ2n) is 6.35. The molecule has 0 atom stereocenters. The lowest BCUT2D eigenvalue weighted by Gasteiger charge is -2.16. The van der Waals surface area contributed by atoms with E-state index in [-0.39, 0.29) is 5.82 Å². The Bertz CT molecular complexity index is 960. The lowest BCUT2D eigenvalue weighted by Crippen LogP contribution is -2.11. The Hall–Kier alpha value is -3.07. The van der Waals surface area contributed by atoms with Crippen LogP contribution in [0.4, 0.5) is 4.39 Å². The summed E-state index contributed by atoms with van der Waals surface area (Å²) >= 11 is 0. The Kier molecular flexibility index (Phi) is 4.69. The minimum atomic E-state index is -0.205. The van der Waals surface area contributed by atoms with Crippen LogP contribution in [0, 0.1) is 5.82 Å². The molecule has 0 saturated heterocycles. The van der Waals surface area contributed by atoms with E-state index in [0.29, 0.717) is 5.56 Å². The molecule has 0 bridgehead atoms. The number of hydrogen-bond acceptors (Lipinski definition) is 2. The van der Waals surface area contributed by atoms with Crippen molar-refractivity contribution in [1.29, 1.82) is 0 Å². The number of benzene rings is 2. The van der Waals surface area contributed by atoms with Gasteiger partial charge in [0, 0.05) is 30.1 Å². The first-order valence-electron chi connectivity index (χ1n) is 8.82. The second kappa shape index (κ2) is 7.44. The average Bonchev–Trinajstić information content (AvgIpc) is 2.71. The molecule has 128 valence electrons. The maximum Gasteiger partial charge on any atom is 0.131 e. The van der Waals surface area contributed by atoms with Gasteiger partial charge in [-0.3, -0.25) is 9.98 Å². The topological polar surface area (TPSA) is 25.2 Å². The van der Waals surface area contributed by atoms with Crippen molar-refractivity contribution in [1.82, 2.24) is 4.98 Å². The minimum Gasteiger partial charge on any atom is -0.284 e. The van der Waals surface area contributed by atoms with E-state index in [4.69, 9.17) is 4.99 Å². The highest BCUT2D eigenvalue weighted by molar-refractivity contribution is 6.15. The van der Waals surface area contributed by atoms with Crippen molar-refractivity contribution in [2.24, 2.45) is 4.99 Å². The van der Waals surface area contributed by atoms with Crippen LogP contribution >= 0.6 is 0 Å². The van der Waals surface area contributed by atoms with Gasteiger partial charge in [0.15, 0.2) is 0 Å². The summed E-state index contributed by atoms with van der Waals surface area (Å²) in [5.74, 6) is -0.205. The van der Waals surface area contributed by atoms with Crippen LogP contribution < -0.4 is 0 Å². The molecule has 0 saturated carbocycles. The molecule has 0 aliphatic carbocycles. The highest BCUT2D eigenvalue weighted by Crippen LogP contribution is 2.27. The van der Waals surface area contributed by atoms with Crippen LogP contribution in [0.5, 0.6) is 0 Å². The van der Waals surface area contributed by atoms with Crippen LogP contribution in [0.25, 0.3) is 17.2 Å². The van der Waals surface area contributed by atoms with Gasteiger partial charge >= 0.3 is 0 Å². The highest BCUT2D eigenvalue weighted by atomic mass is 19.1. The number of aliphatic imine (C=N–C) groups is 1. The molecule has 0 radical (unpaired) electrons. The van der Waals surface area contributed by atoms with E-state index >= 15 is 0 Å². The van der Waals surface area contributed by atoms with Crippen molar-refractivity contribution in [3.8, 4) is 11.1 Å². The number of pyridine rings is 1. The molecule has 3 heteroatoms. The van der Waals surface area contributed by atoms with Crippen molar-refractivity contribution in [3.05, 3.63) is 95.6 Å². The first kappa shape index (κ1) is 16.4. The van der Waals surface area contributed by atoms with Crippen molar-refractivity contribution in [2.75, 3.05) is 6.54 Å². The fraction of sp³-hybridized carbons (Fsp3) is 0.130. The fourth-order valence-corrected chi connectivity index (χ4v) is 3.27. The normalized spacial score (nSPS) is 15.7. The lowest BCUT2D eigenvalue weighted by molar-refractivity contribution is 0.631. The van der Waals surface area contributed by atoms with E-state index in [1.807, 2.05) is 60.8 Å². The fourth-order valence-electron chi connectivity index (χ4n) is 3.27. The maximum atomic E-state index is 14.3. The number of hydrogen-bond donors (Lipinski definition) is 0. The molecule has 3 aromatic rings. The summed E-state index contributed by atoms with van der Waals surface area (Å²) in [4.78, 5) is 8.92. The van der Waals surface area contributed by atoms with E-state index in [9.17, 15) is 4.39 Å². The van der Waals surface area contributed by atoms with Crippen molar-refractivity contribution >= 4 is 11.8 Å². The van der Waals surface area contributed by atoms with Gasteiger partial charge in [0.05, 0.1) is 5.71 Å². The van der Waals surface area contributed by atoms with Gasteiger partial charge in [-0.1, -0.05) is 36.4 Å². The summed E-state index contributed by atoms with van der Waals surface area (Å²) in [6.45, 7) is 0.834. The van der Waals surface area contributed by atoms with Crippen LogP contribution in [0.15, 0.2) is 83.6 Å². The molecular formula is C23H19FN2. The third-order valence-corrected chi connectivity index (χ3v) is 4.53. The third kappa shape index (κ3) is 3.47. The van der Waals surface area contributed by atoms with Crippen LogP contribution in [-0.4, -0.2) is 17.2 Å². The van der Waals surface area contributed by atoms with Gasteiger partial charge in [0.1, 0.15) is 5.82 Å². The smallest absolute Gasteiger partial charge is 0.131 e. The van der Waals surface area contributed by atoms with E-state index in [1.165, 1.54) is 5.57 Å². The van der Waals surface area contributed by atoms with Crippen LogP contribution in [-0.2, 0) is 0 Å². The zero-order valence-corrected chi connectivity index (χ0v) is 14.4. The molecule has 1 aromatic heterocycles. The average molecular weight is 342 g/mol. The molecule has 1 aliphatic heterocycles. The zero-order valence-electron chi connectivity index (χ0n) is 14.4. The summed E-state index contributed by atoms with van der Waals surface area (Å²) in [6.07, 6.45) is 7.73. The van der Waals surface area contributed by atoms with Crippen molar-refractivity contribution < 1.29 is 4.39 Å². The summed E-state index contributed by atoms with van der Waals surface area (Å²) < 4.78 is 14.3. The Balaban J connectivity index is 1.74. The van der Waals surface area contributed by atoms with Crippen LogP contribution in [0.2, 0.25) is 0 Å². The number of rotatable bonds is 3. The van der Waals surface area contributed by atoms with Crippen LogP contribution in [0.3, 0.4) is 0 Å². The first-order chi connectivity index (χ1) is 12.8. The van der Waals surface area contributed by atoms with E-state index in [0.717, 1.165) is 41.8 Å². The van der Waals surface area contributed by atoms with Crippen molar-refractivity contribution in [2.45, 2.75) is 12.8 Å². The van der Waals surface area contributed by atoms with E-state index in [2.05, 4.69) is 11.1 Å². The van der Waals surface area contributed by atoms with Gasteiger partial charge in [-0.25, -0.2) is 4.39 Å². The maximum absolute atomic E-state index is 14.3. The van der Waals surface area contributed by atoms with Gasteiger partial charge in [0.25, 0.3) is 0 Å². The molecule has 2 aromatic carbocycles. The Morgan fingerprint density at radius 2 is 1.77 bits per heavy atom. The Labute approximate surface area is 152 Å². The molecule has 0 spiro atoms. The first-order valence-corrected chi connectivity index (χ1v) is 8.82. The molecule has 0 unspecified atom stereocenters. The molecule has 2 nitrogen and oxygen atoms in total. The molecule has 0 fully saturated rings. The van der Waals surface area contributed by atoms with Gasteiger partial charge in [-0.05, 0) is 59.9 Å². The summed E-state index contributed by atoms with van der Waals surface area (Å²) in [5.41, 5.74) is 5.69. The number of halogens is 1. The minimum absolute atomic E-state index is 0.205. The summed E-state index contributed by atoms with van der Waals surface area (Å²) in [5, 5.41) is 0. The summed E-state index contributed by atoms with van der Waals surface area (Å²) in [7, 11) is 0. The lowest BCUT2D eigenvalue weighted by atomic mass is 9.94. The molecule has 26 heavy (non-hydrogen) atoms. The largest absolute Gasteiger partial charge is 0.284 e. The number of aromatic nitrogens is 1. The predicted octanol–water partition coefficient (Wildman–Crippen LogP) is 5.55. The predicted molar refractivity (Wildman–Crippen MR) is 105 cm³/mol. The molecular weight excluding hydrogens is 323 g/mol. The second-order valence-corrected chi connectivity index (χ2v) is 6.35. The van der Waals surface area contributed by atoms with Gasteiger partial charge in [-0.15, -0.1) is 0 Å². The Morgan fingerprint density at radius 3 is 2.58 bits per heavy atom. The third-order valence-electron chi connectivity index (χ3n) is 4.53. The Morgan fingerprint density at radius 1 is 0.923 bits per heavy atom. The molecule has 0 N–H and O–H groups in total.